The first-order valence-corrected chi connectivity index (χ1v) is 4.26. The predicted octanol–water partition coefficient (Wildman–Crippen LogP) is 0.832. The molecule has 0 heterocycles. The molecule has 0 fully saturated rings. The van der Waals surface area contributed by atoms with Gasteiger partial charge >= 0.3 is 5.71 Å². The van der Waals surface area contributed by atoms with Crippen molar-refractivity contribution in [3.63, 3.8) is 0 Å². The summed E-state index contributed by atoms with van der Waals surface area (Å²) in [6, 6.07) is 4.21. The first-order valence-electron chi connectivity index (χ1n) is 4.26. The smallest absolute Gasteiger partial charge is 0.347 e. The van der Waals surface area contributed by atoms with Crippen molar-refractivity contribution in [3.05, 3.63) is 34.9 Å². The molecular formula is C10H6N2O3. The van der Waals surface area contributed by atoms with Crippen molar-refractivity contribution in [1.29, 1.82) is 0 Å². The largest absolute Gasteiger partial charge is 0.507 e. The zero-order valence-corrected chi connectivity index (χ0v) is 7.60. The molecular weight excluding hydrogens is 196 g/mol. The zero-order chi connectivity index (χ0) is 11.0. The number of phenols is 1. The van der Waals surface area contributed by atoms with E-state index in [1.54, 1.807) is 0 Å². The summed E-state index contributed by atoms with van der Waals surface area (Å²) < 4.78 is 0. The van der Waals surface area contributed by atoms with Crippen LogP contribution in [0.4, 0.5) is 0 Å². The zero-order valence-electron chi connectivity index (χ0n) is 7.60. The van der Waals surface area contributed by atoms with E-state index >= 15 is 0 Å². The molecule has 74 valence electrons. The summed E-state index contributed by atoms with van der Waals surface area (Å²) in [4.78, 5) is 25.9. The van der Waals surface area contributed by atoms with Crippen LogP contribution >= 0.6 is 0 Å². The van der Waals surface area contributed by atoms with Crippen LogP contribution in [0.5, 0.6) is 5.75 Å². The molecule has 2 rings (SSSR count). The quantitative estimate of drug-likeness (QED) is 0.499. The third-order valence-electron chi connectivity index (χ3n) is 2.28. The molecule has 1 aliphatic rings. The first-order chi connectivity index (χ1) is 7.15. The van der Waals surface area contributed by atoms with Gasteiger partial charge in [-0.05, 0) is 12.1 Å². The van der Waals surface area contributed by atoms with Gasteiger partial charge < -0.3 is 10.6 Å². The summed E-state index contributed by atoms with van der Waals surface area (Å²) in [5.41, 5.74) is 8.42. The number of ketones is 2. The molecule has 0 unspecified atom stereocenters. The fourth-order valence-corrected chi connectivity index (χ4v) is 1.58. The number of hydrogen-bond donors (Lipinski definition) is 1. The molecule has 0 atom stereocenters. The molecule has 0 spiro atoms. The Bertz CT molecular complexity index is 527. The molecule has 1 aromatic rings. The maximum atomic E-state index is 11.6. The summed E-state index contributed by atoms with van der Waals surface area (Å²) in [5, 5.41) is 9.43. The van der Waals surface area contributed by atoms with Crippen molar-refractivity contribution in [1.82, 2.24) is 0 Å². The molecule has 0 bridgehead atoms. The summed E-state index contributed by atoms with van der Waals surface area (Å²) in [6.07, 6.45) is -0.278. The van der Waals surface area contributed by atoms with Crippen molar-refractivity contribution < 1.29 is 19.5 Å². The molecule has 0 saturated carbocycles. The van der Waals surface area contributed by atoms with E-state index in [-0.39, 0.29) is 29.0 Å². The van der Waals surface area contributed by atoms with Crippen molar-refractivity contribution in [2.75, 3.05) is 0 Å². The number of nitrogens with zero attached hydrogens (tertiary/aromatic N) is 2. The fourth-order valence-electron chi connectivity index (χ4n) is 1.58. The van der Waals surface area contributed by atoms with Gasteiger partial charge in [0.15, 0.2) is 5.78 Å². The van der Waals surface area contributed by atoms with E-state index in [9.17, 15) is 14.7 Å². The highest BCUT2D eigenvalue weighted by molar-refractivity contribution is 6.51. The summed E-state index contributed by atoms with van der Waals surface area (Å²) >= 11 is 0. The number of carbonyl (C=O) groups is 2. The first kappa shape index (κ1) is 9.30. The number of aromatic hydroxyl groups is 1. The van der Waals surface area contributed by atoms with E-state index in [0.717, 1.165) is 0 Å². The minimum Gasteiger partial charge on any atom is -0.507 e. The molecule has 0 amide bonds. The molecule has 5 nitrogen and oxygen atoms in total. The van der Waals surface area contributed by atoms with Crippen LogP contribution in [0.15, 0.2) is 18.2 Å². The lowest BCUT2D eigenvalue weighted by Gasteiger charge is -2.11. The predicted molar refractivity (Wildman–Crippen MR) is 50.0 cm³/mol. The average molecular weight is 202 g/mol. The Kier molecular flexibility index (Phi) is 1.95. The van der Waals surface area contributed by atoms with E-state index in [0.29, 0.717) is 0 Å². The second-order valence-corrected chi connectivity index (χ2v) is 3.18. The molecule has 5 heteroatoms. The van der Waals surface area contributed by atoms with Crippen molar-refractivity contribution in [2.24, 2.45) is 0 Å². The van der Waals surface area contributed by atoms with Gasteiger partial charge in [-0.2, -0.15) is 4.79 Å². The molecule has 1 aromatic carbocycles. The molecule has 0 aromatic heterocycles. The molecule has 1 aliphatic carbocycles. The summed E-state index contributed by atoms with van der Waals surface area (Å²) in [5.74, 6) is -1.17. The maximum absolute atomic E-state index is 11.6. The number of hydrogen-bond acceptors (Lipinski definition) is 3. The van der Waals surface area contributed by atoms with Crippen molar-refractivity contribution >= 4 is 17.3 Å². The minimum atomic E-state index is -0.525. The number of Topliss-reactive ketones (excluding diaryl/α,β-unsaturated/α-hetero) is 2. The normalized spacial score (nSPS) is 14.8. The van der Waals surface area contributed by atoms with Crippen LogP contribution in [0.2, 0.25) is 0 Å². The Morgan fingerprint density at radius 3 is 2.73 bits per heavy atom. The average Bonchev–Trinajstić information content (AvgIpc) is 2.23. The Morgan fingerprint density at radius 2 is 2.07 bits per heavy atom. The van der Waals surface area contributed by atoms with Gasteiger partial charge in [0.25, 0.3) is 5.78 Å². The number of rotatable bonds is 0. The van der Waals surface area contributed by atoms with Gasteiger partial charge in [0.05, 0.1) is 5.56 Å². The van der Waals surface area contributed by atoms with Crippen molar-refractivity contribution in [2.45, 2.75) is 6.42 Å². The Morgan fingerprint density at radius 1 is 1.33 bits per heavy atom. The molecule has 15 heavy (non-hydrogen) atoms. The topological polar surface area (TPSA) is 90.8 Å². The van der Waals surface area contributed by atoms with E-state index < -0.39 is 11.6 Å². The van der Waals surface area contributed by atoms with Crippen LogP contribution < -0.4 is 0 Å². The molecule has 0 aliphatic heterocycles. The van der Waals surface area contributed by atoms with Gasteiger partial charge in [0.2, 0.25) is 0 Å². The molecule has 0 radical (unpaired) electrons. The highest BCUT2D eigenvalue weighted by Crippen LogP contribution is 2.27. The standard InChI is InChI=1S/C10H6N2O3/c11-12-6-4-8(14)9-5(10(6)15)2-1-3-7(9)13/h1-3,13H,4H2. The highest BCUT2D eigenvalue weighted by Gasteiger charge is 2.36. The van der Waals surface area contributed by atoms with E-state index in [1.165, 1.54) is 18.2 Å². The molecule has 1 N–H and O–H groups in total. The van der Waals surface area contributed by atoms with Gasteiger partial charge in [-0.1, -0.05) is 6.07 Å². The van der Waals surface area contributed by atoms with Crippen molar-refractivity contribution in [3.8, 4) is 5.75 Å². The van der Waals surface area contributed by atoms with Crippen LogP contribution in [0.25, 0.3) is 5.53 Å². The number of phenolic OH excluding ortho intramolecular Hbond substituents is 1. The lowest BCUT2D eigenvalue weighted by Crippen LogP contribution is -2.27. The fraction of sp³-hybridized carbons (Fsp3) is 0.100. The van der Waals surface area contributed by atoms with Gasteiger partial charge in [-0.15, -0.1) is 0 Å². The lowest BCUT2D eigenvalue weighted by atomic mass is 9.88. The summed E-state index contributed by atoms with van der Waals surface area (Å²) in [6.45, 7) is 0. The van der Waals surface area contributed by atoms with E-state index in [2.05, 4.69) is 4.79 Å². The minimum absolute atomic E-state index is 0.00917. The Labute approximate surface area is 84.6 Å². The van der Waals surface area contributed by atoms with E-state index in [1.807, 2.05) is 0 Å². The molecule has 0 saturated heterocycles. The Hall–Kier alpha value is -2.26. The van der Waals surface area contributed by atoms with Crippen LogP contribution in [0.1, 0.15) is 27.1 Å². The Balaban J connectivity index is 2.75. The number of carbonyl (C=O) groups excluding carboxylic acids is 2. The van der Waals surface area contributed by atoms with Gasteiger partial charge in [-0.25, -0.2) is 0 Å². The lowest BCUT2D eigenvalue weighted by molar-refractivity contribution is -0.00890. The second-order valence-electron chi connectivity index (χ2n) is 3.18. The van der Waals surface area contributed by atoms with Crippen LogP contribution in [0.3, 0.4) is 0 Å². The van der Waals surface area contributed by atoms with Crippen LogP contribution in [-0.4, -0.2) is 27.2 Å². The second kappa shape index (κ2) is 3.15. The van der Waals surface area contributed by atoms with Gasteiger partial charge in [0.1, 0.15) is 12.2 Å². The SMILES string of the molecule is [N-]=[N+]=C1CC(=O)c2c(O)cccc2C1=O. The van der Waals surface area contributed by atoms with E-state index in [4.69, 9.17) is 5.53 Å². The van der Waals surface area contributed by atoms with Gasteiger partial charge in [-0.3, -0.25) is 9.59 Å². The summed E-state index contributed by atoms with van der Waals surface area (Å²) in [7, 11) is 0. The van der Waals surface area contributed by atoms with Crippen LogP contribution in [0, 0.1) is 0 Å². The van der Waals surface area contributed by atoms with Crippen LogP contribution in [-0.2, 0) is 0 Å². The van der Waals surface area contributed by atoms with Gasteiger partial charge in [0, 0.05) is 5.56 Å². The third kappa shape index (κ3) is 1.26. The monoisotopic (exact) mass is 202 g/mol. The highest BCUT2D eigenvalue weighted by atomic mass is 16.3. The number of fused-ring (bicyclic) bond motifs is 1. The third-order valence-corrected chi connectivity index (χ3v) is 2.28. The maximum Gasteiger partial charge on any atom is 0.347 e. The number of benzene rings is 1.